The number of nitrogens with zero attached hydrogens (tertiary/aromatic N) is 1. The molecule has 10 heteroatoms. The summed E-state index contributed by atoms with van der Waals surface area (Å²) in [5.74, 6) is -2.16. The van der Waals surface area contributed by atoms with Crippen LogP contribution in [-0.2, 0) is 24.0 Å². The normalized spacial score (nSPS) is 25.5. The lowest BCUT2D eigenvalue weighted by Crippen LogP contribution is -2.57. The second-order valence-corrected chi connectivity index (χ2v) is 8.42. The van der Waals surface area contributed by atoms with E-state index >= 15 is 0 Å². The van der Waals surface area contributed by atoms with Gasteiger partial charge in [0.1, 0.15) is 18.1 Å². The molecule has 30 heavy (non-hydrogen) atoms. The molecule has 3 atom stereocenters. The van der Waals surface area contributed by atoms with Crippen LogP contribution in [0.25, 0.3) is 0 Å². The van der Waals surface area contributed by atoms with Gasteiger partial charge in [0.25, 0.3) is 0 Å². The largest absolute Gasteiger partial charge is 0.370 e. The summed E-state index contributed by atoms with van der Waals surface area (Å²) < 4.78 is 0. The number of nitrogens with one attached hydrogen (secondary N) is 3. The Balaban J connectivity index is 1.64. The van der Waals surface area contributed by atoms with Crippen LogP contribution in [-0.4, -0.2) is 65.1 Å². The molecule has 3 unspecified atom stereocenters. The first-order chi connectivity index (χ1) is 14.3. The average molecular weight is 421 g/mol. The molecule has 3 aliphatic rings. The zero-order valence-corrected chi connectivity index (χ0v) is 17.2. The Morgan fingerprint density at radius 1 is 1.03 bits per heavy atom. The van der Waals surface area contributed by atoms with Crippen LogP contribution >= 0.6 is 0 Å². The Morgan fingerprint density at radius 2 is 1.77 bits per heavy atom. The van der Waals surface area contributed by atoms with Gasteiger partial charge in [-0.25, -0.2) is 0 Å². The number of carbonyl (C=O) groups is 5. The molecule has 2 aliphatic heterocycles. The molecule has 166 valence electrons. The summed E-state index contributed by atoms with van der Waals surface area (Å²) >= 11 is 0. The standard InChI is InChI=1S/C20H31N5O5/c21-16(26)11-14(24-18(28)13-8-9-17(27)23-13)20(30)25-10-4-7-15(25)19(29)22-12-5-2-1-3-6-12/h12-15H,1-11H2,(H2,21,26)(H,22,29)(H,23,27)(H,24,28). The Hall–Kier alpha value is -2.65. The van der Waals surface area contributed by atoms with E-state index in [9.17, 15) is 24.0 Å². The lowest BCUT2D eigenvalue weighted by atomic mass is 9.95. The van der Waals surface area contributed by atoms with E-state index in [2.05, 4.69) is 16.0 Å². The molecule has 3 fully saturated rings. The Labute approximate surface area is 175 Å². The third-order valence-corrected chi connectivity index (χ3v) is 6.12. The molecular weight excluding hydrogens is 390 g/mol. The van der Waals surface area contributed by atoms with Crippen molar-refractivity contribution in [1.29, 1.82) is 0 Å². The van der Waals surface area contributed by atoms with Crippen molar-refractivity contribution in [1.82, 2.24) is 20.9 Å². The third-order valence-electron chi connectivity index (χ3n) is 6.12. The van der Waals surface area contributed by atoms with Crippen LogP contribution in [0.1, 0.15) is 64.2 Å². The fraction of sp³-hybridized carbons (Fsp3) is 0.750. The monoisotopic (exact) mass is 421 g/mol. The van der Waals surface area contributed by atoms with Crippen LogP contribution < -0.4 is 21.7 Å². The van der Waals surface area contributed by atoms with E-state index in [4.69, 9.17) is 5.73 Å². The first-order valence-electron chi connectivity index (χ1n) is 10.8. The molecule has 2 saturated heterocycles. The van der Waals surface area contributed by atoms with Gasteiger partial charge >= 0.3 is 0 Å². The molecule has 1 aliphatic carbocycles. The Bertz CT molecular complexity index is 706. The summed E-state index contributed by atoms with van der Waals surface area (Å²) in [7, 11) is 0. The lowest BCUT2D eigenvalue weighted by Gasteiger charge is -2.30. The van der Waals surface area contributed by atoms with Crippen LogP contribution in [0.4, 0.5) is 0 Å². The molecule has 0 radical (unpaired) electrons. The molecule has 3 rings (SSSR count). The topological polar surface area (TPSA) is 151 Å². The Morgan fingerprint density at radius 3 is 2.40 bits per heavy atom. The van der Waals surface area contributed by atoms with Crippen molar-refractivity contribution in [3.8, 4) is 0 Å². The van der Waals surface area contributed by atoms with Gasteiger partial charge in [0, 0.05) is 19.0 Å². The van der Waals surface area contributed by atoms with Crippen molar-refractivity contribution in [2.24, 2.45) is 5.73 Å². The van der Waals surface area contributed by atoms with Crippen LogP contribution in [0.5, 0.6) is 0 Å². The number of hydrogen-bond acceptors (Lipinski definition) is 5. The van der Waals surface area contributed by atoms with E-state index in [-0.39, 0.29) is 30.7 Å². The number of nitrogens with two attached hydrogens (primary N) is 1. The highest BCUT2D eigenvalue weighted by Crippen LogP contribution is 2.22. The minimum Gasteiger partial charge on any atom is -0.370 e. The summed E-state index contributed by atoms with van der Waals surface area (Å²) in [5, 5.41) is 8.14. The first-order valence-corrected chi connectivity index (χ1v) is 10.8. The van der Waals surface area contributed by atoms with Crippen LogP contribution in [0.2, 0.25) is 0 Å². The molecule has 2 heterocycles. The molecule has 0 aromatic carbocycles. The van der Waals surface area contributed by atoms with Crippen molar-refractivity contribution >= 4 is 29.5 Å². The fourth-order valence-electron chi connectivity index (χ4n) is 4.53. The minimum absolute atomic E-state index is 0.135. The van der Waals surface area contributed by atoms with Crippen molar-refractivity contribution in [3.05, 3.63) is 0 Å². The summed E-state index contributed by atoms with van der Waals surface area (Å²) in [6, 6.07) is -2.37. The first kappa shape index (κ1) is 22.0. The molecule has 0 aromatic heterocycles. The zero-order valence-electron chi connectivity index (χ0n) is 17.2. The highest BCUT2D eigenvalue weighted by Gasteiger charge is 2.39. The van der Waals surface area contributed by atoms with Gasteiger partial charge in [-0.1, -0.05) is 19.3 Å². The summed E-state index contributed by atoms with van der Waals surface area (Å²) in [5.41, 5.74) is 5.29. The smallest absolute Gasteiger partial charge is 0.246 e. The second kappa shape index (κ2) is 9.90. The quantitative estimate of drug-likeness (QED) is 0.418. The van der Waals surface area contributed by atoms with Crippen LogP contribution in [0, 0.1) is 0 Å². The number of amides is 5. The zero-order chi connectivity index (χ0) is 21.7. The second-order valence-electron chi connectivity index (χ2n) is 8.42. The SMILES string of the molecule is NC(=O)CC(NC(=O)C1CCC(=O)N1)C(=O)N1CCCC1C(=O)NC1CCCCC1. The van der Waals surface area contributed by atoms with Crippen molar-refractivity contribution < 1.29 is 24.0 Å². The van der Waals surface area contributed by atoms with E-state index in [1.807, 2.05) is 0 Å². The number of hydrogen-bond donors (Lipinski definition) is 4. The van der Waals surface area contributed by atoms with Crippen LogP contribution in [0.15, 0.2) is 0 Å². The Kier molecular flexibility index (Phi) is 7.28. The highest BCUT2D eigenvalue weighted by molar-refractivity contribution is 5.97. The maximum Gasteiger partial charge on any atom is 0.246 e. The molecule has 0 aromatic rings. The van der Waals surface area contributed by atoms with E-state index < -0.39 is 35.8 Å². The van der Waals surface area contributed by atoms with Gasteiger partial charge in [-0.2, -0.15) is 0 Å². The number of carbonyl (C=O) groups excluding carboxylic acids is 5. The van der Waals surface area contributed by atoms with Gasteiger partial charge in [-0.15, -0.1) is 0 Å². The van der Waals surface area contributed by atoms with Gasteiger partial charge in [-0.05, 0) is 32.1 Å². The molecule has 0 spiro atoms. The van der Waals surface area contributed by atoms with Gasteiger partial charge in [0.05, 0.1) is 6.42 Å². The fourth-order valence-corrected chi connectivity index (χ4v) is 4.53. The maximum atomic E-state index is 13.1. The minimum atomic E-state index is -1.16. The summed E-state index contributed by atoms with van der Waals surface area (Å²) in [4.78, 5) is 62.7. The van der Waals surface area contributed by atoms with Crippen molar-refractivity contribution in [2.75, 3.05) is 6.54 Å². The molecule has 0 bridgehead atoms. The van der Waals surface area contributed by atoms with Gasteiger partial charge in [0.15, 0.2) is 0 Å². The summed E-state index contributed by atoms with van der Waals surface area (Å²) in [6.07, 6.45) is 6.66. The molecule has 5 amide bonds. The van der Waals surface area contributed by atoms with Gasteiger partial charge in [-0.3, -0.25) is 24.0 Å². The molecule has 10 nitrogen and oxygen atoms in total. The number of primary amides is 1. The predicted molar refractivity (Wildman–Crippen MR) is 107 cm³/mol. The molecule has 5 N–H and O–H groups in total. The summed E-state index contributed by atoms with van der Waals surface area (Å²) in [6.45, 7) is 0.382. The van der Waals surface area contributed by atoms with E-state index in [1.165, 1.54) is 11.3 Å². The predicted octanol–water partition coefficient (Wildman–Crippen LogP) is -0.935. The third kappa shape index (κ3) is 5.48. The van der Waals surface area contributed by atoms with E-state index in [1.54, 1.807) is 0 Å². The molecule has 1 saturated carbocycles. The maximum absolute atomic E-state index is 13.1. The van der Waals surface area contributed by atoms with Crippen LogP contribution in [0.3, 0.4) is 0 Å². The van der Waals surface area contributed by atoms with Crippen molar-refractivity contribution in [3.63, 3.8) is 0 Å². The molecular formula is C20H31N5O5. The van der Waals surface area contributed by atoms with Crippen molar-refractivity contribution in [2.45, 2.75) is 88.4 Å². The highest BCUT2D eigenvalue weighted by atomic mass is 16.2. The number of likely N-dealkylation sites (tertiary alicyclic amines) is 1. The van der Waals surface area contributed by atoms with E-state index in [0.29, 0.717) is 25.8 Å². The lowest BCUT2D eigenvalue weighted by molar-refractivity contribution is -0.142. The average Bonchev–Trinajstić information content (AvgIpc) is 3.36. The van der Waals surface area contributed by atoms with Gasteiger partial charge in [0.2, 0.25) is 29.5 Å². The van der Waals surface area contributed by atoms with Gasteiger partial charge < -0.3 is 26.6 Å². The van der Waals surface area contributed by atoms with E-state index in [0.717, 1.165) is 25.7 Å². The number of rotatable bonds is 7.